The number of rotatable bonds is 7. The van der Waals surface area contributed by atoms with E-state index in [1.165, 1.54) is 17.0 Å². The van der Waals surface area contributed by atoms with Crippen LogP contribution in [-0.4, -0.2) is 49.0 Å². The highest BCUT2D eigenvalue weighted by Gasteiger charge is 2.31. The Balaban J connectivity index is 1.73. The minimum absolute atomic E-state index is 0.117. The van der Waals surface area contributed by atoms with Gasteiger partial charge >= 0.3 is 12.2 Å². The van der Waals surface area contributed by atoms with E-state index in [0.717, 1.165) is 17.7 Å². The molecule has 0 aromatic heterocycles. The van der Waals surface area contributed by atoms with Crippen LogP contribution in [0.1, 0.15) is 43.9 Å². The molecule has 1 heterocycles. The Morgan fingerprint density at radius 1 is 1.09 bits per heavy atom. The maximum atomic E-state index is 13.0. The number of hydrogen-bond donors (Lipinski definition) is 1. The van der Waals surface area contributed by atoms with E-state index in [4.69, 9.17) is 14.3 Å². The minimum atomic E-state index is -4.42. The van der Waals surface area contributed by atoms with Gasteiger partial charge in [0.25, 0.3) is 0 Å². The molecule has 0 saturated carbocycles. The zero-order valence-electron chi connectivity index (χ0n) is 20.4. The van der Waals surface area contributed by atoms with Crippen molar-refractivity contribution in [3.8, 4) is 11.5 Å². The third-order valence-corrected chi connectivity index (χ3v) is 5.30. The summed E-state index contributed by atoms with van der Waals surface area (Å²) in [4.78, 5) is 20.1. The molecule has 0 bridgehead atoms. The van der Waals surface area contributed by atoms with Gasteiger partial charge in [0, 0.05) is 24.1 Å². The molecular weight excluding hydrogens is 463 g/mol. The van der Waals surface area contributed by atoms with Gasteiger partial charge in [0.05, 0.1) is 32.0 Å². The molecule has 1 aliphatic heterocycles. The van der Waals surface area contributed by atoms with Gasteiger partial charge in [0.15, 0.2) is 17.6 Å². The van der Waals surface area contributed by atoms with Crippen LogP contribution >= 0.6 is 0 Å². The lowest BCUT2D eigenvalue weighted by Crippen LogP contribution is -2.50. The predicted octanol–water partition coefficient (Wildman–Crippen LogP) is 5.23. The van der Waals surface area contributed by atoms with Crippen molar-refractivity contribution >= 4 is 11.7 Å². The molecule has 2 aromatic carbocycles. The normalized spacial score (nSPS) is 15.8. The Bertz CT molecular complexity index is 1060. The SMILES string of the molecule is COc1ccc(C2=NOC(CN(Cc3ccc(C(F)(F)F)cc3)C(=O)NC(C)(C)C)C2)cc1OC. The Morgan fingerprint density at radius 3 is 2.31 bits per heavy atom. The maximum Gasteiger partial charge on any atom is 0.416 e. The van der Waals surface area contributed by atoms with Crippen molar-refractivity contribution in [2.45, 2.75) is 51.6 Å². The fraction of sp³-hybridized carbons (Fsp3) is 0.440. The van der Waals surface area contributed by atoms with E-state index in [2.05, 4.69) is 10.5 Å². The van der Waals surface area contributed by atoms with Gasteiger partial charge in [-0.05, 0) is 56.7 Å². The van der Waals surface area contributed by atoms with Gasteiger partial charge in [-0.3, -0.25) is 0 Å². The monoisotopic (exact) mass is 493 g/mol. The van der Waals surface area contributed by atoms with E-state index in [0.29, 0.717) is 29.2 Å². The van der Waals surface area contributed by atoms with Crippen molar-refractivity contribution in [1.29, 1.82) is 0 Å². The highest BCUT2D eigenvalue weighted by atomic mass is 19.4. The Morgan fingerprint density at radius 2 is 1.74 bits per heavy atom. The van der Waals surface area contributed by atoms with Crippen LogP contribution in [0.5, 0.6) is 11.5 Å². The molecule has 0 radical (unpaired) electrons. The van der Waals surface area contributed by atoms with E-state index in [9.17, 15) is 18.0 Å². The van der Waals surface area contributed by atoms with Crippen molar-refractivity contribution < 1.29 is 32.3 Å². The fourth-order valence-electron chi connectivity index (χ4n) is 3.60. The zero-order valence-corrected chi connectivity index (χ0v) is 20.4. The van der Waals surface area contributed by atoms with Crippen molar-refractivity contribution in [2.24, 2.45) is 5.16 Å². The summed E-state index contributed by atoms with van der Waals surface area (Å²) in [7, 11) is 3.10. The second kappa shape index (κ2) is 10.5. The second-order valence-electron chi connectivity index (χ2n) is 9.29. The largest absolute Gasteiger partial charge is 0.493 e. The van der Waals surface area contributed by atoms with Gasteiger partial charge in [-0.2, -0.15) is 13.2 Å². The molecule has 1 atom stereocenters. The van der Waals surface area contributed by atoms with E-state index in [-0.39, 0.29) is 19.1 Å². The highest BCUT2D eigenvalue weighted by Crippen LogP contribution is 2.31. The number of methoxy groups -OCH3 is 2. The number of carbonyl (C=O) groups is 1. The van der Waals surface area contributed by atoms with Gasteiger partial charge in [0.1, 0.15) is 0 Å². The third-order valence-electron chi connectivity index (χ3n) is 5.30. The highest BCUT2D eigenvalue weighted by molar-refractivity contribution is 6.01. The number of benzene rings is 2. The van der Waals surface area contributed by atoms with Crippen LogP contribution in [0.2, 0.25) is 0 Å². The van der Waals surface area contributed by atoms with Gasteiger partial charge in [-0.1, -0.05) is 17.3 Å². The van der Waals surface area contributed by atoms with Crippen LogP contribution < -0.4 is 14.8 Å². The van der Waals surface area contributed by atoms with Crippen LogP contribution in [0.25, 0.3) is 0 Å². The summed E-state index contributed by atoms with van der Waals surface area (Å²) in [6, 6.07) is 9.85. The fourth-order valence-corrected chi connectivity index (χ4v) is 3.60. The number of alkyl halides is 3. The molecule has 35 heavy (non-hydrogen) atoms. The standard InChI is InChI=1S/C25H30F3N3O4/c1-24(2,3)29-23(32)31(14-16-6-9-18(10-7-16)25(26,27)28)15-19-13-20(30-35-19)17-8-11-21(33-4)22(12-17)34-5/h6-12,19H,13-15H2,1-5H3,(H,29,32). The average Bonchev–Trinajstić information content (AvgIpc) is 3.25. The average molecular weight is 494 g/mol. The number of ether oxygens (including phenoxy) is 2. The lowest BCUT2D eigenvalue weighted by atomic mass is 10.0. The number of oxime groups is 1. The lowest BCUT2D eigenvalue weighted by Gasteiger charge is -2.29. The summed E-state index contributed by atoms with van der Waals surface area (Å²) in [5, 5.41) is 7.09. The second-order valence-corrected chi connectivity index (χ2v) is 9.29. The first-order valence-corrected chi connectivity index (χ1v) is 11.1. The molecule has 0 saturated heterocycles. The van der Waals surface area contributed by atoms with Gasteiger partial charge in [-0.15, -0.1) is 0 Å². The number of amides is 2. The summed E-state index contributed by atoms with van der Waals surface area (Å²) in [5.74, 6) is 1.15. The maximum absolute atomic E-state index is 13.0. The van der Waals surface area contributed by atoms with Gasteiger partial charge in [0.2, 0.25) is 0 Å². The first-order valence-electron chi connectivity index (χ1n) is 11.1. The summed E-state index contributed by atoms with van der Waals surface area (Å²) in [6.07, 6.45) is -4.39. The van der Waals surface area contributed by atoms with Crippen molar-refractivity contribution in [3.63, 3.8) is 0 Å². The van der Waals surface area contributed by atoms with Crippen molar-refractivity contribution in [2.75, 3.05) is 20.8 Å². The van der Waals surface area contributed by atoms with Gasteiger partial charge < -0.3 is 24.5 Å². The van der Waals surface area contributed by atoms with Crippen molar-refractivity contribution in [3.05, 3.63) is 59.2 Å². The molecule has 0 spiro atoms. The summed E-state index contributed by atoms with van der Waals surface area (Å²) < 4.78 is 49.4. The van der Waals surface area contributed by atoms with Crippen molar-refractivity contribution in [1.82, 2.24) is 10.2 Å². The molecule has 1 aliphatic rings. The molecule has 2 amide bonds. The molecule has 2 aromatic rings. The van der Waals surface area contributed by atoms with Gasteiger partial charge in [-0.25, -0.2) is 4.79 Å². The van der Waals surface area contributed by atoms with Crippen LogP contribution in [-0.2, 0) is 17.6 Å². The first kappa shape index (κ1) is 26.2. The zero-order chi connectivity index (χ0) is 25.8. The Labute approximate surface area is 202 Å². The minimum Gasteiger partial charge on any atom is -0.493 e. The number of nitrogens with one attached hydrogen (secondary N) is 1. The molecule has 0 aliphatic carbocycles. The smallest absolute Gasteiger partial charge is 0.416 e. The number of halogens is 3. The molecule has 1 N–H and O–H groups in total. The topological polar surface area (TPSA) is 72.4 Å². The molecule has 3 rings (SSSR count). The Kier molecular flexibility index (Phi) is 7.82. The van der Waals surface area contributed by atoms with E-state index in [1.54, 1.807) is 26.4 Å². The van der Waals surface area contributed by atoms with E-state index < -0.39 is 23.4 Å². The van der Waals surface area contributed by atoms with Crippen LogP contribution in [0.15, 0.2) is 47.6 Å². The van der Waals surface area contributed by atoms with Crippen LogP contribution in [0.4, 0.5) is 18.0 Å². The van der Waals surface area contributed by atoms with E-state index >= 15 is 0 Å². The summed E-state index contributed by atoms with van der Waals surface area (Å²) in [5.41, 5.74) is 0.841. The molecule has 7 nitrogen and oxygen atoms in total. The number of carbonyl (C=O) groups excluding carboxylic acids is 1. The summed E-state index contributed by atoms with van der Waals surface area (Å²) >= 11 is 0. The van der Waals surface area contributed by atoms with E-state index in [1.807, 2.05) is 26.8 Å². The molecule has 0 fully saturated rings. The molecular formula is C25H30F3N3O4. The number of nitrogens with zero attached hydrogens (tertiary/aromatic N) is 2. The number of urea groups is 1. The molecule has 190 valence electrons. The van der Waals surface area contributed by atoms with Crippen LogP contribution in [0.3, 0.4) is 0 Å². The predicted molar refractivity (Wildman–Crippen MR) is 126 cm³/mol. The quantitative estimate of drug-likeness (QED) is 0.574. The lowest BCUT2D eigenvalue weighted by molar-refractivity contribution is -0.137. The molecule has 10 heteroatoms. The molecule has 1 unspecified atom stereocenters. The number of hydrogen-bond acceptors (Lipinski definition) is 5. The summed E-state index contributed by atoms with van der Waals surface area (Å²) in [6.45, 7) is 5.87. The van der Waals surface area contributed by atoms with Crippen LogP contribution in [0, 0.1) is 0 Å². The Hall–Kier alpha value is -3.43. The first-order chi connectivity index (χ1) is 16.4. The third kappa shape index (κ3) is 7.03.